The highest BCUT2D eigenvalue weighted by Crippen LogP contribution is 2.20. The van der Waals surface area contributed by atoms with Gasteiger partial charge in [0, 0.05) is 19.1 Å². The molecule has 1 N–H and O–H groups in total. The molecule has 0 unspecified atom stereocenters. The van der Waals surface area contributed by atoms with Gasteiger partial charge in [0.05, 0.1) is 10.9 Å². The normalized spacial score (nSPS) is 17.4. The Morgan fingerprint density at radius 3 is 2.67 bits per heavy atom. The van der Waals surface area contributed by atoms with E-state index in [9.17, 15) is 14.0 Å². The highest BCUT2D eigenvalue weighted by atomic mass is 19.1. The maximum absolute atomic E-state index is 13.3. The van der Waals surface area contributed by atoms with E-state index >= 15 is 0 Å². The largest absolute Gasteiger partial charge is 0.329 e. The zero-order valence-electron chi connectivity index (χ0n) is 11.9. The van der Waals surface area contributed by atoms with Crippen LogP contribution in [0.2, 0.25) is 0 Å². The van der Waals surface area contributed by atoms with Crippen molar-refractivity contribution in [2.24, 2.45) is 0 Å². The Balaban J connectivity index is 2.07. The number of piperidine rings is 1. The molecule has 1 aromatic carbocycles. The number of fused-ring (bicyclic) bond motifs is 1. The van der Waals surface area contributed by atoms with Crippen molar-refractivity contribution in [2.75, 3.05) is 19.6 Å². The van der Waals surface area contributed by atoms with Gasteiger partial charge in [0.25, 0.3) is 5.56 Å². The second kappa shape index (κ2) is 5.44. The molecule has 0 atom stereocenters. The zero-order chi connectivity index (χ0) is 15.0. The molecule has 0 aliphatic carbocycles. The summed E-state index contributed by atoms with van der Waals surface area (Å²) >= 11 is 0. The molecular formula is C15H18FN3O2. The lowest BCUT2D eigenvalue weighted by Gasteiger charge is -2.31. The second-order valence-corrected chi connectivity index (χ2v) is 5.46. The van der Waals surface area contributed by atoms with Gasteiger partial charge in [-0.1, -0.05) is 6.92 Å². The lowest BCUT2D eigenvalue weighted by molar-refractivity contribution is 0.190. The van der Waals surface area contributed by atoms with Crippen molar-refractivity contribution in [3.05, 3.63) is 44.9 Å². The third-order valence-electron chi connectivity index (χ3n) is 4.26. The Labute approximate surface area is 121 Å². The van der Waals surface area contributed by atoms with E-state index in [1.165, 1.54) is 22.8 Å². The van der Waals surface area contributed by atoms with Gasteiger partial charge in [-0.15, -0.1) is 0 Å². The van der Waals surface area contributed by atoms with E-state index in [0.717, 1.165) is 32.5 Å². The third-order valence-corrected chi connectivity index (χ3v) is 4.26. The summed E-state index contributed by atoms with van der Waals surface area (Å²) in [5.74, 6) is -0.473. The van der Waals surface area contributed by atoms with Gasteiger partial charge in [0.1, 0.15) is 5.82 Å². The van der Waals surface area contributed by atoms with Crippen LogP contribution in [0.5, 0.6) is 0 Å². The minimum atomic E-state index is -0.473. The summed E-state index contributed by atoms with van der Waals surface area (Å²) in [4.78, 5) is 29.7. The van der Waals surface area contributed by atoms with Crippen LogP contribution in [0.25, 0.3) is 10.9 Å². The van der Waals surface area contributed by atoms with Gasteiger partial charge in [-0.05, 0) is 37.6 Å². The van der Waals surface area contributed by atoms with E-state index in [1.54, 1.807) is 0 Å². The number of hydrogen-bond donors (Lipinski definition) is 1. The number of likely N-dealkylation sites (tertiary alicyclic amines) is 1. The molecule has 1 saturated heterocycles. The fourth-order valence-electron chi connectivity index (χ4n) is 3.03. The van der Waals surface area contributed by atoms with Gasteiger partial charge >= 0.3 is 5.69 Å². The van der Waals surface area contributed by atoms with Gasteiger partial charge in [0.15, 0.2) is 0 Å². The number of halogens is 1. The minimum Gasteiger partial charge on any atom is -0.307 e. The number of benzene rings is 1. The van der Waals surface area contributed by atoms with Crippen LogP contribution in [0.3, 0.4) is 0 Å². The lowest BCUT2D eigenvalue weighted by atomic mass is 10.0. The molecule has 0 spiro atoms. The fourth-order valence-corrected chi connectivity index (χ4v) is 3.03. The lowest BCUT2D eigenvalue weighted by Crippen LogP contribution is -2.43. The summed E-state index contributed by atoms with van der Waals surface area (Å²) in [5.41, 5.74) is -0.425. The first kappa shape index (κ1) is 14.0. The first-order valence-electron chi connectivity index (χ1n) is 7.26. The van der Waals surface area contributed by atoms with Crippen molar-refractivity contribution in [1.82, 2.24) is 14.5 Å². The smallest absolute Gasteiger partial charge is 0.307 e. The van der Waals surface area contributed by atoms with Crippen molar-refractivity contribution in [1.29, 1.82) is 0 Å². The molecule has 0 bridgehead atoms. The molecule has 5 nitrogen and oxygen atoms in total. The average molecular weight is 291 g/mol. The van der Waals surface area contributed by atoms with Crippen LogP contribution in [0.4, 0.5) is 4.39 Å². The number of aromatic nitrogens is 2. The quantitative estimate of drug-likeness (QED) is 0.912. The summed E-state index contributed by atoms with van der Waals surface area (Å²) in [6, 6.07) is 3.74. The van der Waals surface area contributed by atoms with E-state index in [-0.39, 0.29) is 11.4 Å². The number of hydrogen-bond acceptors (Lipinski definition) is 3. The molecule has 6 heteroatoms. The highest BCUT2D eigenvalue weighted by Gasteiger charge is 2.23. The van der Waals surface area contributed by atoms with Crippen LogP contribution < -0.4 is 11.2 Å². The summed E-state index contributed by atoms with van der Waals surface area (Å²) < 4.78 is 14.6. The molecular weight excluding hydrogens is 273 g/mol. The molecule has 0 radical (unpaired) electrons. The number of rotatable bonds is 2. The monoisotopic (exact) mass is 291 g/mol. The molecule has 21 heavy (non-hydrogen) atoms. The van der Waals surface area contributed by atoms with E-state index in [4.69, 9.17) is 0 Å². The van der Waals surface area contributed by atoms with Crippen LogP contribution in [0, 0.1) is 5.82 Å². The van der Waals surface area contributed by atoms with E-state index < -0.39 is 17.1 Å². The van der Waals surface area contributed by atoms with E-state index in [0.29, 0.717) is 5.52 Å². The zero-order valence-corrected chi connectivity index (χ0v) is 11.9. The third kappa shape index (κ3) is 2.51. The summed E-state index contributed by atoms with van der Waals surface area (Å²) in [6.07, 6.45) is 1.52. The molecule has 1 aromatic heterocycles. The molecule has 0 amide bonds. The van der Waals surface area contributed by atoms with Crippen LogP contribution in [-0.2, 0) is 0 Å². The van der Waals surface area contributed by atoms with Crippen LogP contribution >= 0.6 is 0 Å². The molecule has 1 aliphatic rings. The maximum atomic E-state index is 13.3. The van der Waals surface area contributed by atoms with Crippen molar-refractivity contribution in [2.45, 2.75) is 25.8 Å². The number of aromatic amines is 1. The summed E-state index contributed by atoms with van der Waals surface area (Å²) in [6.45, 7) is 4.81. The van der Waals surface area contributed by atoms with Crippen molar-refractivity contribution in [3.8, 4) is 0 Å². The Kier molecular flexibility index (Phi) is 3.63. The minimum absolute atomic E-state index is 0.114. The van der Waals surface area contributed by atoms with Gasteiger partial charge < -0.3 is 9.88 Å². The topological polar surface area (TPSA) is 58.1 Å². The van der Waals surface area contributed by atoms with Crippen LogP contribution in [0.1, 0.15) is 25.8 Å². The van der Waals surface area contributed by atoms with Crippen molar-refractivity contribution >= 4 is 10.9 Å². The molecule has 2 aromatic rings. The van der Waals surface area contributed by atoms with Gasteiger partial charge in [0.2, 0.25) is 0 Å². The molecule has 112 valence electrons. The molecule has 1 aliphatic heterocycles. The summed E-state index contributed by atoms with van der Waals surface area (Å²) in [7, 11) is 0. The molecule has 0 saturated carbocycles. The Bertz CT molecular complexity index is 773. The molecule has 2 heterocycles. The first-order valence-corrected chi connectivity index (χ1v) is 7.26. The van der Waals surface area contributed by atoms with Gasteiger partial charge in [-0.25, -0.2) is 9.18 Å². The predicted molar refractivity (Wildman–Crippen MR) is 79.2 cm³/mol. The number of H-pyrrole nitrogens is 1. The Hall–Kier alpha value is -1.95. The molecule has 1 fully saturated rings. The average Bonchev–Trinajstić information content (AvgIpc) is 2.49. The van der Waals surface area contributed by atoms with E-state index in [2.05, 4.69) is 16.8 Å². The maximum Gasteiger partial charge on any atom is 0.329 e. The highest BCUT2D eigenvalue weighted by molar-refractivity contribution is 5.77. The van der Waals surface area contributed by atoms with Gasteiger partial charge in [-0.3, -0.25) is 9.36 Å². The standard InChI is InChI=1S/C15H18FN3O2/c1-2-18-7-5-11(6-8-18)19-14(20)12-9-10(16)3-4-13(12)17-15(19)21/h3-4,9,11H,2,5-8H2,1H3,(H,17,21). The van der Waals surface area contributed by atoms with Crippen LogP contribution in [-0.4, -0.2) is 34.1 Å². The van der Waals surface area contributed by atoms with Crippen LogP contribution in [0.15, 0.2) is 27.8 Å². The fraction of sp³-hybridized carbons (Fsp3) is 0.467. The number of nitrogens with zero attached hydrogens (tertiary/aromatic N) is 2. The molecule has 3 rings (SSSR count). The first-order chi connectivity index (χ1) is 10.1. The number of nitrogens with one attached hydrogen (secondary N) is 1. The predicted octanol–water partition coefficient (Wildman–Crippen LogP) is 1.49. The summed E-state index contributed by atoms with van der Waals surface area (Å²) in [5, 5.41) is 0.229. The van der Waals surface area contributed by atoms with E-state index in [1.807, 2.05) is 0 Å². The second-order valence-electron chi connectivity index (χ2n) is 5.46. The van der Waals surface area contributed by atoms with Crippen molar-refractivity contribution < 1.29 is 4.39 Å². The SMILES string of the molecule is CCN1CCC(n2c(=O)[nH]c3ccc(F)cc3c2=O)CC1. The van der Waals surface area contributed by atoms with Crippen molar-refractivity contribution in [3.63, 3.8) is 0 Å². The Morgan fingerprint density at radius 1 is 1.29 bits per heavy atom. The van der Waals surface area contributed by atoms with Gasteiger partial charge in [-0.2, -0.15) is 0 Å². The Morgan fingerprint density at radius 2 is 2.00 bits per heavy atom.